The minimum absolute atomic E-state index is 0.566. The predicted molar refractivity (Wildman–Crippen MR) is 65.7 cm³/mol. The summed E-state index contributed by atoms with van der Waals surface area (Å²) >= 11 is 0. The van der Waals surface area contributed by atoms with Crippen LogP contribution >= 0.6 is 0 Å². The molecule has 15 heavy (non-hydrogen) atoms. The summed E-state index contributed by atoms with van der Waals surface area (Å²) in [5.74, 6) is 0. The van der Waals surface area contributed by atoms with Crippen molar-refractivity contribution in [2.24, 2.45) is 4.99 Å². The molecule has 1 aromatic rings. The average molecular weight is 219 g/mol. The molecule has 2 radical (unpaired) electrons. The first-order chi connectivity index (χ1) is 7.38. The maximum absolute atomic E-state index is 5.02. The number of aliphatic imine (C=N–C) groups is 1. The summed E-state index contributed by atoms with van der Waals surface area (Å²) in [4.78, 5) is 4.59. The van der Waals surface area contributed by atoms with Gasteiger partial charge in [0.15, 0.2) is 0 Å². The number of hydrogen-bond donors (Lipinski definition) is 0. The molecule has 0 saturated heterocycles. The SMILES string of the molecule is CCC(=NCC[Si]OC)c1ccccc1. The third kappa shape index (κ3) is 4.40. The summed E-state index contributed by atoms with van der Waals surface area (Å²) in [5, 5.41) is 0. The highest BCUT2D eigenvalue weighted by Crippen LogP contribution is 2.04. The van der Waals surface area contributed by atoms with E-state index in [0.717, 1.165) is 19.0 Å². The van der Waals surface area contributed by atoms with E-state index in [9.17, 15) is 0 Å². The topological polar surface area (TPSA) is 21.6 Å². The van der Waals surface area contributed by atoms with Crippen LogP contribution in [0.1, 0.15) is 18.9 Å². The third-order valence-electron chi connectivity index (χ3n) is 2.10. The number of nitrogens with zero attached hydrogens (tertiary/aromatic N) is 1. The van der Waals surface area contributed by atoms with Crippen molar-refractivity contribution in [3.8, 4) is 0 Å². The molecule has 0 bridgehead atoms. The van der Waals surface area contributed by atoms with Gasteiger partial charge in [-0.05, 0) is 18.0 Å². The Morgan fingerprint density at radius 2 is 2.07 bits per heavy atom. The summed E-state index contributed by atoms with van der Waals surface area (Å²) < 4.78 is 5.02. The molecule has 0 saturated carbocycles. The van der Waals surface area contributed by atoms with E-state index in [1.807, 2.05) is 6.07 Å². The molecule has 0 unspecified atom stereocenters. The molecule has 0 fully saturated rings. The van der Waals surface area contributed by atoms with Crippen molar-refractivity contribution in [2.45, 2.75) is 19.4 Å². The molecule has 3 heteroatoms. The fourth-order valence-corrected chi connectivity index (χ4v) is 1.78. The van der Waals surface area contributed by atoms with Crippen LogP contribution in [-0.4, -0.2) is 29.1 Å². The Labute approximate surface area is 94.3 Å². The molecule has 0 heterocycles. The van der Waals surface area contributed by atoms with Crippen molar-refractivity contribution in [1.82, 2.24) is 0 Å². The van der Waals surface area contributed by atoms with E-state index in [-0.39, 0.29) is 0 Å². The first-order valence-corrected chi connectivity index (χ1v) is 6.34. The smallest absolute Gasteiger partial charge is 0.230 e. The quantitative estimate of drug-likeness (QED) is 0.409. The molecule has 0 aliphatic carbocycles. The van der Waals surface area contributed by atoms with Gasteiger partial charge in [0, 0.05) is 19.4 Å². The van der Waals surface area contributed by atoms with Crippen molar-refractivity contribution < 1.29 is 4.43 Å². The molecule has 0 aliphatic heterocycles. The van der Waals surface area contributed by atoms with Gasteiger partial charge in [0.2, 0.25) is 9.76 Å². The van der Waals surface area contributed by atoms with E-state index in [1.54, 1.807) is 7.11 Å². The van der Waals surface area contributed by atoms with Crippen molar-refractivity contribution in [1.29, 1.82) is 0 Å². The molecule has 0 atom stereocenters. The van der Waals surface area contributed by atoms with Gasteiger partial charge in [0.05, 0.1) is 0 Å². The van der Waals surface area contributed by atoms with E-state index in [0.29, 0.717) is 9.76 Å². The maximum Gasteiger partial charge on any atom is 0.230 e. The van der Waals surface area contributed by atoms with Crippen LogP contribution in [0.15, 0.2) is 35.3 Å². The van der Waals surface area contributed by atoms with Gasteiger partial charge in [-0.3, -0.25) is 4.99 Å². The van der Waals surface area contributed by atoms with Crippen molar-refractivity contribution in [3.05, 3.63) is 35.9 Å². The van der Waals surface area contributed by atoms with Crippen LogP contribution < -0.4 is 0 Å². The van der Waals surface area contributed by atoms with Crippen LogP contribution in [0.4, 0.5) is 0 Å². The van der Waals surface area contributed by atoms with E-state index < -0.39 is 0 Å². The summed E-state index contributed by atoms with van der Waals surface area (Å²) in [5.41, 5.74) is 2.43. The zero-order valence-corrected chi connectivity index (χ0v) is 10.4. The van der Waals surface area contributed by atoms with Gasteiger partial charge in [-0.2, -0.15) is 0 Å². The second kappa shape index (κ2) is 7.37. The normalized spacial score (nSPS) is 11.7. The van der Waals surface area contributed by atoms with Gasteiger partial charge >= 0.3 is 0 Å². The van der Waals surface area contributed by atoms with E-state index >= 15 is 0 Å². The minimum Gasteiger partial charge on any atom is -0.421 e. The Bertz CT molecular complexity index is 298. The zero-order valence-electron chi connectivity index (χ0n) is 9.36. The van der Waals surface area contributed by atoms with E-state index in [1.165, 1.54) is 11.3 Å². The Kier molecular flexibility index (Phi) is 5.96. The molecule has 0 aliphatic rings. The lowest BCUT2D eigenvalue weighted by atomic mass is 10.1. The number of hydrogen-bond acceptors (Lipinski definition) is 2. The fraction of sp³-hybridized carbons (Fsp3) is 0.417. The van der Waals surface area contributed by atoms with Gasteiger partial charge in [0.25, 0.3) is 0 Å². The molecule has 1 aromatic carbocycles. The maximum atomic E-state index is 5.02. The number of rotatable bonds is 6. The highest BCUT2D eigenvalue weighted by molar-refractivity contribution is 6.27. The lowest BCUT2D eigenvalue weighted by molar-refractivity contribution is 0.441. The largest absolute Gasteiger partial charge is 0.421 e. The highest BCUT2D eigenvalue weighted by atomic mass is 28.2. The Morgan fingerprint density at radius 3 is 2.67 bits per heavy atom. The Morgan fingerprint density at radius 1 is 1.33 bits per heavy atom. The fourth-order valence-electron chi connectivity index (χ4n) is 1.38. The van der Waals surface area contributed by atoms with Gasteiger partial charge in [-0.1, -0.05) is 37.3 Å². The van der Waals surface area contributed by atoms with Crippen molar-refractivity contribution >= 4 is 15.5 Å². The monoisotopic (exact) mass is 219 g/mol. The Hall–Kier alpha value is -0.933. The molecule has 0 spiro atoms. The lowest BCUT2D eigenvalue weighted by Gasteiger charge is -2.03. The molecule has 0 N–H and O–H groups in total. The van der Waals surface area contributed by atoms with Crippen molar-refractivity contribution in [2.75, 3.05) is 13.7 Å². The van der Waals surface area contributed by atoms with Crippen molar-refractivity contribution in [3.63, 3.8) is 0 Å². The van der Waals surface area contributed by atoms with Crippen LogP contribution in [0.25, 0.3) is 0 Å². The second-order valence-corrected chi connectivity index (χ2v) is 4.34. The van der Waals surface area contributed by atoms with E-state index in [2.05, 4.69) is 36.2 Å². The van der Waals surface area contributed by atoms with Gasteiger partial charge in [-0.25, -0.2) is 0 Å². The molecular formula is C12H17NOSi. The summed E-state index contributed by atoms with van der Waals surface area (Å²) in [6.07, 6.45) is 0.986. The van der Waals surface area contributed by atoms with Crippen LogP contribution in [0.5, 0.6) is 0 Å². The van der Waals surface area contributed by atoms with Gasteiger partial charge in [-0.15, -0.1) is 0 Å². The highest BCUT2D eigenvalue weighted by Gasteiger charge is 1.98. The van der Waals surface area contributed by atoms with Crippen LogP contribution in [-0.2, 0) is 4.43 Å². The van der Waals surface area contributed by atoms with Crippen LogP contribution in [0.3, 0.4) is 0 Å². The molecule has 2 nitrogen and oxygen atoms in total. The standard InChI is InChI=1S/C12H17NOSi/c1-3-12(13-9-10-15-14-2)11-7-5-4-6-8-11/h4-8H,3,9-10H2,1-2H3. The molecule has 0 amide bonds. The molecular weight excluding hydrogens is 202 g/mol. The minimum atomic E-state index is 0.566. The predicted octanol–water partition coefficient (Wildman–Crippen LogP) is 2.57. The second-order valence-electron chi connectivity index (χ2n) is 3.15. The number of benzene rings is 1. The summed E-state index contributed by atoms with van der Waals surface area (Å²) in [7, 11) is 2.30. The summed E-state index contributed by atoms with van der Waals surface area (Å²) in [6, 6.07) is 11.4. The van der Waals surface area contributed by atoms with Gasteiger partial charge < -0.3 is 4.43 Å². The molecule has 80 valence electrons. The average Bonchev–Trinajstić information content (AvgIpc) is 2.30. The van der Waals surface area contributed by atoms with E-state index in [4.69, 9.17) is 4.43 Å². The first-order valence-electron chi connectivity index (χ1n) is 5.23. The Balaban J connectivity index is 2.55. The molecule has 1 rings (SSSR count). The van der Waals surface area contributed by atoms with Gasteiger partial charge in [0.1, 0.15) is 0 Å². The van der Waals surface area contributed by atoms with Crippen LogP contribution in [0.2, 0.25) is 6.04 Å². The zero-order chi connectivity index (χ0) is 10.9. The molecule has 0 aromatic heterocycles. The lowest BCUT2D eigenvalue weighted by Crippen LogP contribution is -2.02. The van der Waals surface area contributed by atoms with Crippen LogP contribution in [0, 0.1) is 0 Å². The summed E-state index contributed by atoms with van der Waals surface area (Å²) in [6.45, 7) is 3.01. The third-order valence-corrected chi connectivity index (χ3v) is 2.82. The first kappa shape index (κ1) is 12.1.